The molecular formula is C30H32N2O2. The highest BCUT2D eigenvalue weighted by Gasteiger charge is 2.18. The first-order chi connectivity index (χ1) is 16.5. The molecule has 1 aromatic heterocycles. The number of nitrogens with zero attached hydrogens (tertiary/aromatic N) is 1. The fourth-order valence-electron chi connectivity index (χ4n) is 4.19. The summed E-state index contributed by atoms with van der Waals surface area (Å²) in [6.07, 6.45) is 0.805. The van der Waals surface area contributed by atoms with Crippen molar-refractivity contribution in [2.45, 2.75) is 46.1 Å². The molecule has 0 unspecified atom stereocenters. The minimum absolute atomic E-state index is 0.0645. The number of rotatable bonds is 8. The third-order valence-corrected chi connectivity index (χ3v) is 6.12. The number of amides is 1. The van der Waals surface area contributed by atoms with Gasteiger partial charge in [0.1, 0.15) is 5.75 Å². The average Bonchev–Trinajstić information content (AvgIpc) is 2.87. The first kappa shape index (κ1) is 23.5. The molecule has 0 aliphatic carbocycles. The first-order valence-corrected chi connectivity index (χ1v) is 12.0. The molecule has 174 valence electrons. The van der Waals surface area contributed by atoms with E-state index in [1.807, 2.05) is 61.5 Å². The lowest BCUT2D eigenvalue weighted by atomic mass is 9.97. The molecule has 0 aliphatic rings. The molecule has 0 spiro atoms. The summed E-state index contributed by atoms with van der Waals surface area (Å²) in [6.45, 7) is 9.02. The summed E-state index contributed by atoms with van der Waals surface area (Å²) in [4.78, 5) is 18.4. The Morgan fingerprint density at radius 1 is 0.912 bits per heavy atom. The number of carbonyl (C=O) groups excluding carboxylic acids is 1. The predicted octanol–water partition coefficient (Wildman–Crippen LogP) is 7.31. The average molecular weight is 453 g/mol. The highest BCUT2D eigenvalue weighted by molar-refractivity contribution is 6.07. The van der Waals surface area contributed by atoms with Gasteiger partial charge < -0.3 is 10.1 Å². The van der Waals surface area contributed by atoms with E-state index in [9.17, 15) is 4.79 Å². The Morgan fingerprint density at radius 2 is 1.65 bits per heavy atom. The van der Waals surface area contributed by atoms with Crippen molar-refractivity contribution in [2.75, 3.05) is 6.61 Å². The SMILES string of the molecule is CCOc1cccc(-c2cc(C(=O)N[C@H](CC)c3ccc(C(C)C)cc3)c3ccccc3n2)c1. The molecule has 4 nitrogen and oxygen atoms in total. The van der Waals surface area contributed by atoms with E-state index >= 15 is 0 Å². The Labute approximate surface area is 202 Å². The van der Waals surface area contributed by atoms with Crippen LogP contribution in [0.3, 0.4) is 0 Å². The molecule has 1 amide bonds. The zero-order valence-electron chi connectivity index (χ0n) is 20.3. The molecule has 4 rings (SSSR count). The van der Waals surface area contributed by atoms with Gasteiger partial charge in [-0.2, -0.15) is 0 Å². The molecule has 1 atom stereocenters. The molecule has 4 aromatic rings. The van der Waals surface area contributed by atoms with Crippen molar-refractivity contribution in [2.24, 2.45) is 0 Å². The molecule has 1 N–H and O–H groups in total. The van der Waals surface area contributed by atoms with Gasteiger partial charge in [-0.1, -0.05) is 75.4 Å². The molecule has 0 fully saturated rings. The number of benzene rings is 3. The van der Waals surface area contributed by atoms with E-state index < -0.39 is 0 Å². The van der Waals surface area contributed by atoms with Gasteiger partial charge >= 0.3 is 0 Å². The van der Waals surface area contributed by atoms with Crippen molar-refractivity contribution in [3.8, 4) is 17.0 Å². The fourth-order valence-corrected chi connectivity index (χ4v) is 4.19. The first-order valence-electron chi connectivity index (χ1n) is 12.0. The molecule has 0 aliphatic heterocycles. The predicted molar refractivity (Wildman–Crippen MR) is 139 cm³/mol. The second kappa shape index (κ2) is 10.5. The van der Waals surface area contributed by atoms with E-state index in [1.165, 1.54) is 5.56 Å². The summed E-state index contributed by atoms with van der Waals surface area (Å²) in [5, 5.41) is 4.10. The smallest absolute Gasteiger partial charge is 0.252 e. The Balaban J connectivity index is 1.69. The number of carbonyl (C=O) groups is 1. The van der Waals surface area contributed by atoms with E-state index in [1.54, 1.807) is 0 Å². The van der Waals surface area contributed by atoms with Gasteiger partial charge in [0.2, 0.25) is 0 Å². The van der Waals surface area contributed by atoms with Crippen LogP contribution in [0.2, 0.25) is 0 Å². The van der Waals surface area contributed by atoms with Crippen molar-refractivity contribution in [3.05, 3.63) is 95.6 Å². The maximum absolute atomic E-state index is 13.6. The van der Waals surface area contributed by atoms with Gasteiger partial charge in [0.25, 0.3) is 5.91 Å². The van der Waals surface area contributed by atoms with Crippen molar-refractivity contribution >= 4 is 16.8 Å². The lowest BCUT2D eigenvalue weighted by Gasteiger charge is -2.19. The summed E-state index contributed by atoms with van der Waals surface area (Å²) in [7, 11) is 0. The second-order valence-corrected chi connectivity index (χ2v) is 8.79. The minimum Gasteiger partial charge on any atom is -0.494 e. The number of nitrogens with one attached hydrogen (secondary N) is 1. The molecule has 0 saturated carbocycles. The topological polar surface area (TPSA) is 51.2 Å². The fraction of sp³-hybridized carbons (Fsp3) is 0.267. The molecule has 0 radical (unpaired) electrons. The van der Waals surface area contributed by atoms with Crippen LogP contribution < -0.4 is 10.1 Å². The Bertz CT molecular complexity index is 1280. The van der Waals surface area contributed by atoms with Crippen LogP contribution in [0.5, 0.6) is 5.75 Å². The highest BCUT2D eigenvalue weighted by Crippen LogP contribution is 2.28. The number of aromatic nitrogens is 1. The van der Waals surface area contributed by atoms with Crippen molar-refractivity contribution in [3.63, 3.8) is 0 Å². The second-order valence-electron chi connectivity index (χ2n) is 8.79. The zero-order chi connectivity index (χ0) is 24.1. The summed E-state index contributed by atoms with van der Waals surface area (Å²) < 4.78 is 5.67. The van der Waals surface area contributed by atoms with E-state index in [2.05, 4.69) is 50.4 Å². The molecule has 0 bridgehead atoms. The normalized spacial score (nSPS) is 12.0. The third-order valence-electron chi connectivity index (χ3n) is 6.12. The molecule has 3 aromatic carbocycles. The van der Waals surface area contributed by atoms with Crippen molar-refractivity contribution < 1.29 is 9.53 Å². The summed E-state index contributed by atoms with van der Waals surface area (Å²) in [6, 6.07) is 26.0. The number of pyridine rings is 1. The molecule has 34 heavy (non-hydrogen) atoms. The maximum atomic E-state index is 13.6. The largest absolute Gasteiger partial charge is 0.494 e. The summed E-state index contributed by atoms with van der Waals surface area (Å²) in [5.41, 5.74) is 5.50. The summed E-state index contributed by atoms with van der Waals surface area (Å²) in [5.74, 6) is 1.17. The van der Waals surface area contributed by atoms with E-state index in [0.29, 0.717) is 18.1 Å². The van der Waals surface area contributed by atoms with Crippen molar-refractivity contribution in [1.29, 1.82) is 0 Å². The number of ether oxygens (including phenoxy) is 1. The highest BCUT2D eigenvalue weighted by atomic mass is 16.5. The van der Waals surface area contributed by atoms with Crippen LogP contribution in [0.25, 0.3) is 22.2 Å². The van der Waals surface area contributed by atoms with E-state index in [-0.39, 0.29) is 11.9 Å². The van der Waals surface area contributed by atoms with Gasteiger partial charge in [0.15, 0.2) is 0 Å². The number of fused-ring (bicyclic) bond motifs is 1. The van der Waals surface area contributed by atoms with Crippen LogP contribution in [0.15, 0.2) is 78.9 Å². The standard InChI is InChI=1S/C30H32N2O2/c1-5-27(22-16-14-21(15-17-22)20(3)4)32-30(33)26-19-29(31-28-13-8-7-12-25(26)28)23-10-9-11-24(18-23)34-6-2/h7-20,27H,5-6H2,1-4H3,(H,32,33)/t27-/m1/s1. The number of para-hydroxylation sites is 1. The minimum atomic E-state index is -0.0967. The van der Waals surface area contributed by atoms with Crippen LogP contribution in [-0.4, -0.2) is 17.5 Å². The number of hydrogen-bond acceptors (Lipinski definition) is 3. The third kappa shape index (κ3) is 5.12. The van der Waals surface area contributed by atoms with Gasteiger partial charge in [-0.15, -0.1) is 0 Å². The van der Waals surface area contributed by atoms with Crippen LogP contribution in [0.4, 0.5) is 0 Å². The van der Waals surface area contributed by atoms with E-state index in [4.69, 9.17) is 9.72 Å². The molecule has 0 saturated heterocycles. The Hall–Kier alpha value is -3.66. The van der Waals surface area contributed by atoms with Crippen molar-refractivity contribution in [1.82, 2.24) is 10.3 Å². The van der Waals surface area contributed by atoms with Gasteiger partial charge in [0, 0.05) is 10.9 Å². The monoisotopic (exact) mass is 452 g/mol. The van der Waals surface area contributed by atoms with Crippen LogP contribution in [-0.2, 0) is 0 Å². The Kier molecular flexibility index (Phi) is 7.27. The van der Waals surface area contributed by atoms with Gasteiger partial charge in [-0.05, 0) is 54.7 Å². The van der Waals surface area contributed by atoms with Crippen LogP contribution >= 0.6 is 0 Å². The number of hydrogen-bond donors (Lipinski definition) is 1. The maximum Gasteiger partial charge on any atom is 0.252 e. The van der Waals surface area contributed by atoms with E-state index in [0.717, 1.165) is 39.9 Å². The lowest BCUT2D eigenvalue weighted by Crippen LogP contribution is -2.28. The molecule has 1 heterocycles. The summed E-state index contributed by atoms with van der Waals surface area (Å²) >= 11 is 0. The van der Waals surface area contributed by atoms with Crippen LogP contribution in [0.1, 0.15) is 67.6 Å². The Morgan fingerprint density at radius 3 is 2.35 bits per heavy atom. The lowest BCUT2D eigenvalue weighted by molar-refractivity contribution is 0.0937. The molecular weight excluding hydrogens is 420 g/mol. The quantitative estimate of drug-likeness (QED) is 0.305. The molecule has 4 heteroatoms. The van der Waals surface area contributed by atoms with Gasteiger partial charge in [-0.25, -0.2) is 4.98 Å². The zero-order valence-corrected chi connectivity index (χ0v) is 20.3. The van der Waals surface area contributed by atoms with Crippen LogP contribution in [0, 0.1) is 0 Å². The van der Waals surface area contributed by atoms with Gasteiger partial charge in [0.05, 0.1) is 29.4 Å². The van der Waals surface area contributed by atoms with Gasteiger partial charge in [-0.3, -0.25) is 4.79 Å².